The quantitative estimate of drug-likeness (QED) is 0.387. The molecule has 0 saturated heterocycles. The lowest BCUT2D eigenvalue weighted by atomic mass is 9.95. The molecule has 0 aliphatic carbocycles. The van der Waals surface area contributed by atoms with E-state index in [9.17, 15) is 4.79 Å². The third kappa shape index (κ3) is 4.46. The summed E-state index contributed by atoms with van der Waals surface area (Å²) in [5, 5.41) is 11.5. The zero-order chi connectivity index (χ0) is 21.8. The van der Waals surface area contributed by atoms with Crippen LogP contribution < -0.4 is 14.8 Å². The van der Waals surface area contributed by atoms with Gasteiger partial charge in [-0.25, -0.2) is 0 Å². The fourth-order valence-electron chi connectivity index (χ4n) is 3.43. The largest absolute Gasteiger partial charge is 0.497 e. The summed E-state index contributed by atoms with van der Waals surface area (Å²) in [5.41, 5.74) is 4.07. The maximum Gasteiger partial charge on any atom is 0.191 e. The number of benzene rings is 2. The normalized spacial score (nSPS) is 11.7. The van der Waals surface area contributed by atoms with Gasteiger partial charge in [0.05, 0.1) is 20.4 Å². The minimum atomic E-state index is -0.581. The topological polar surface area (TPSA) is 65.4 Å². The molecular weight excluding hydrogens is 410 g/mol. The van der Waals surface area contributed by atoms with Crippen molar-refractivity contribution in [3.63, 3.8) is 0 Å². The number of Topliss-reactive ketones (excluding diaryl/α,β-unsaturated/α-hetero) is 1. The second kappa shape index (κ2) is 9.06. The summed E-state index contributed by atoms with van der Waals surface area (Å²) in [7, 11) is 5.07. The van der Waals surface area contributed by atoms with Gasteiger partial charge in [-0.05, 0) is 10.9 Å². The number of hydrogen-bond donors (Lipinski definition) is 1. The molecule has 0 aliphatic rings. The first-order valence-corrected chi connectivity index (χ1v) is 10.7. The molecule has 4 rings (SSSR count). The van der Waals surface area contributed by atoms with Gasteiger partial charge < -0.3 is 14.8 Å². The second-order valence-electron chi connectivity index (χ2n) is 7.06. The van der Waals surface area contributed by atoms with Gasteiger partial charge in [0.15, 0.2) is 5.78 Å². The Morgan fingerprint density at radius 1 is 1.06 bits per heavy atom. The molecule has 31 heavy (non-hydrogen) atoms. The van der Waals surface area contributed by atoms with Gasteiger partial charge in [0, 0.05) is 59.2 Å². The molecule has 0 amide bonds. The summed E-state index contributed by atoms with van der Waals surface area (Å²) in [6.07, 6.45) is 3.69. The minimum absolute atomic E-state index is 0.0203. The van der Waals surface area contributed by atoms with E-state index in [-0.39, 0.29) is 5.78 Å². The first-order chi connectivity index (χ1) is 15.1. The van der Waals surface area contributed by atoms with Crippen molar-refractivity contribution in [2.75, 3.05) is 19.5 Å². The number of rotatable bonds is 8. The average molecular weight is 434 g/mol. The number of carbonyl (C=O) groups is 1. The maximum atomic E-state index is 13.8. The Labute approximate surface area is 185 Å². The highest BCUT2D eigenvalue weighted by molar-refractivity contribution is 7.08. The SMILES string of the molecule is COc1cc(NC(C(=O)c2cscc2-c2cnn(C)c2)c2ccccc2)cc(OC)c1. The third-order valence-electron chi connectivity index (χ3n) is 5.00. The molecule has 1 unspecified atom stereocenters. The van der Waals surface area contributed by atoms with Gasteiger partial charge in [0.2, 0.25) is 0 Å². The number of aromatic nitrogens is 2. The van der Waals surface area contributed by atoms with E-state index < -0.39 is 6.04 Å². The highest BCUT2D eigenvalue weighted by Gasteiger charge is 2.26. The van der Waals surface area contributed by atoms with Gasteiger partial charge in [-0.2, -0.15) is 16.4 Å². The molecule has 2 heterocycles. The van der Waals surface area contributed by atoms with Gasteiger partial charge in [0.1, 0.15) is 17.5 Å². The zero-order valence-corrected chi connectivity index (χ0v) is 18.3. The molecule has 158 valence electrons. The van der Waals surface area contributed by atoms with Crippen LogP contribution in [0.3, 0.4) is 0 Å². The first kappa shape index (κ1) is 20.7. The lowest BCUT2D eigenvalue weighted by Gasteiger charge is -2.20. The van der Waals surface area contributed by atoms with Crippen LogP contribution in [0.2, 0.25) is 0 Å². The molecule has 0 fully saturated rings. The van der Waals surface area contributed by atoms with E-state index in [0.717, 1.165) is 22.4 Å². The van der Waals surface area contributed by atoms with Crippen molar-refractivity contribution in [3.8, 4) is 22.6 Å². The minimum Gasteiger partial charge on any atom is -0.497 e. The molecular formula is C24H23N3O3S. The van der Waals surface area contributed by atoms with Gasteiger partial charge >= 0.3 is 0 Å². The summed E-state index contributed by atoms with van der Waals surface area (Å²) < 4.78 is 12.5. The van der Waals surface area contributed by atoms with E-state index in [0.29, 0.717) is 17.1 Å². The fraction of sp³-hybridized carbons (Fsp3) is 0.167. The van der Waals surface area contributed by atoms with Crippen LogP contribution in [0.1, 0.15) is 22.0 Å². The van der Waals surface area contributed by atoms with Crippen LogP contribution in [0, 0.1) is 0 Å². The molecule has 0 radical (unpaired) electrons. The predicted molar refractivity (Wildman–Crippen MR) is 123 cm³/mol. The lowest BCUT2D eigenvalue weighted by molar-refractivity contribution is 0.0970. The van der Waals surface area contributed by atoms with E-state index in [4.69, 9.17) is 9.47 Å². The van der Waals surface area contributed by atoms with Crippen LogP contribution in [0.15, 0.2) is 71.7 Å². The summed E-state index contributed by atoms with van der Waals surface area (Å²) in [5.74, 6) is 1.27. The summed E-state index contributed by atoms with van der Waals surface area (Å²) in [6.45, 7) is 0. The Hall–Kier alpha value is -3.58. The van der Waals surface area contributed by atoms with E-state index in [1.165, 1.54) is 11.3 Å². The van der Waals surface area contributed by atoms with Crippen molar-refractivity contribution < 1.29 is 14.3 Å². The van der Waals surface area contributed by atoms with Gasteiger partial charge in [-0.3, -0.25) is 9.48 Å². The fourth-order valence-corrected chi connectivity index (χ4v) is 4.28. The highest BCUT2D eigenvalue weighted by Crippen LogP contribution is 2.34. The van der Waals surface area contributed by atoms with Crippen molar-refractivity contribution in [2.45, 2.75) is 6.04 Å². The van der Waals surface area contributed by atoms with Crippen molar-refractivity contribution in [3.05, 3.63) is 82.8 Å². The Balaban J connectivity index is 1.74. The van der Waals surface area contributed by atoms with Crippen molar-refractivity contribution in [1.29, 1.82) is 0 Å². The van der Waals surface area contributed by atoms with Gasteiger partial charge in [0.25, 0.3) is 0 Å². The molecule has 4 aromatic rings. The molecule has 0 spiro atoms. The molecule has 1 atom stereocenters. The standard InChI is InChI=1S/C24H23N3O3S/c1-27-13-17(12-25-27)21-14-31-15-22(21)24(28)23(16-7-5-4-6-8-16)26-18-9-19(29-2)11-20(10-18)30-3/h4-15,23,26H,1-3H3. The number of anilines is 1. The van der Waals surface area contributed by atoms with Crippen LogP contribution in [0.4, 0.5) is 5.69 Å². The number of nitrogens with zero attached hydrogens (tertiary/aromatic N) is 2. The molecule has 1 N–H and O–H groups in total. The van der Waals surface area contributed by atoms with Crippen LogP contribution in [0.5, 0.6) is 11.5 Å². The highest BCUT2D eigenvalue weighted by atomic mass is 32.1. The Bertz CT molecular complexity index is 1160. The number of aryl methyl sites for hydroxylation is 1. The van der Waals surface area contributed by atoms with Crippen molar-refractivity contribution >= 4 is 22.8 Å². The van der Waals surface area contributed by atoms with Crippen LogP contribution in [-0.4, -0.2) is 29.8 Å². The number of nitrogens with one attached hydrogen (secondary N) is 1. The zero-order valence-electron chi connectivity index (χ0n) is 17.5. The number of carbonyl (C=O) groups excluding carboxylic acids is 1. The van der Waals surface area contributed by atoms with Gasteiger partial charge in [-0.1, -0.05) is 30.3 Å². The Morgan fingerprint density at radius 2 is 1.77 bits per heavy atom. The van der Waals surface area contributed by atoms with E-state index in [1.807, 2.05) is 66.5 Å². The maximum absolute atomic E-state index is 13.8. The molecule has 7 heteroatoms. The molecule has 0 bridgehead atoms. The summed E-state index contributed by atoms with van der Waals surface area (Å²) in [4.78, 5) is 13.8. The van der Waals surface area contributed by atoms with Crippen LogP contribution in [0.25, 0.3) is 11.1 Å². The monoisotopic (exact) mass is 433 g/mol. The average Bonchev–Trinajstić information content (AvgIpc) is 3.46. The van der Waals surface area contributed by atoms with E-state index in [2.05, 4.69) is 10.4 Å². The molecule has 2 aromatic carbocycles. The second-order valence-corrected chi connectivity index (χ2v) is 7.80. The smallest absolute Gasteiger partial charge is 0.191 e. The van der Waals surface area contributed by atoms with Crippen LogP contribution >= 0.6 is 11.3 Å². The third-order valence-corrected chi connectivity index (χ3v) is 5.74. The summed E-state index contributed by atoms with van der Waals surface area (Å²) >= 11 is 1.50. The molecule has 0 aliphatic heterocycles. The number of ether oxygens (including phenoxy) is 2. The van der Waals surface area contributed by atoms with Crippen LogP contribution in [-0.2, 0) is 7.05 Å². The van der Waals surface area contributed by atoms with E-state index in [1.54, 1.807) is 31.2 Å². The number of thiophene rings is 1. The number of hydrogen-bond acceptors (Lipinski definition) is 6. The molecule has 2 aromatic heterocycles. The Kier molecular flexibility index (Phi) is 6.04. The number of methoxy groups -OCH3 is 2. The van der Waals surface area contributed by atoms with Crippen molar-refractivity contribution in [1.82, 2.24) is 9.78 Å². The lowest BCUT2D eigenvalue weighted by Crippen LogP contribution is -2.21. The number of ketones is 1. The molecule has 6 nitrogen and oxygen atoms in total. The van der Waals surface area contributed by atoms with Gasteiger partial charge in [-0.15, -0.1) is 0 Å². The summed E-state index contributed by atoms with van der Waals surface area (Å²) in [6, 6.07) is 14.6. The predicted octanol–water partition coefficient (Wildman–Crippen LogP) is 5.20. The van der Waals surface area contributed by atoms with Crippen molar-refractivity contribution in [2.24, 2.45) is 7.05 Å². The molecule has 0 saturated carbocycles. The van der Waals surface area contributed by atoms with E-state index >= 15 is 0 Å². The first-order valence-electron chi connectivity index (χ1n) is 9.73. The Morgan fingerprint density at radius 3 is 2.39 bits per heavy atom.